The standard InChI is InChI=1S/C21H25N3O2/c1-13(2)15-4-5-19-17(10-15)21(7-9-26-19)11-18(21)20(25)23-12-16-6-8-22-14(3)24-16/h4-6,8,10,13,18H,7,9,11-12H2,1-3H3,(H,23,25)/t18-,21-/m0/s1. The minimum atomic E-state index is -0.0514. The van der Waals surface area contributed by atoms with Crippen molar-refractivity contribution in [3.8, 4) is 5.75 Å². The number of nitrogens with zero attached hydrogens (tertiary/aromatic N) is 2. The van der Waals surface area contributed by atoms with Crippen LogP contribution in [0.5, 0.6) is 5.75 Å². The van der Waals surface area contributed by atoms with Gasteiger partial charge in [0.15, 0.2) is 0 Å². The maximum absolute atomic E-state index is 12.8. The summed E-state index contributed by atoms with van der Waals surface area (Å²) < 4.78 is 5.86. The Balaban J connectivity index is 1.50. The van der Waals surface area contributed by atoms with Gasteiger partial charge >= 0.3 is 0 Å². The van der Waals surface area contributed by atoms with Gasteiger partial charge in [-0.15, -0.1) is 0 Å². The fourth-order valence-corrected chi connectivity index (χ4v) is 4.03. The Bertz CT molecular complexity index is 849. The van der Waals surface area contributed by atoms with Gasteiger partial charge in [0.2, 0.25) is 5.91 Å². The second-order valence-corrected chi connectivity index (χ2v) is 7.73. The average molecular weight is 351 g/mol. The van der Waals surface area contributed by atoms with E-state index in [1.165, 1.54) is 11.1 Å². The van der Waals surface area contributed by atoms with E-state index in [1.54, 1.807) is 6.20 Å². The summed E-state index contributed by atoms with van der Waals surface area (Å²) in [5.41, 5.74) is 3.31. The fraction of sp³-hybridized carbons (Fsp3) is 0.476. The maximum atomic E-state index is 12.8. The predicted octanol–water partition coefficient (Wildman–Crippen LogP) is 3.27. The van der Waals surface area contributed by atoms with E-state index in [0.717, 1.165) is 30.1 Å². The minimum Gasteiger partial charge on any atom is -0.493 e. The highest BCUT2D eigenvalue weighted by molar-refractivity contribution is 5.84. The van der Waals surface area contributed by atoms with Crippen LogP contribution in [-0.4, -0.2) is 22.5 Å². The number of aromatic nitrogens is 2. The lowest BCUT2D eigenvalue weighted by atomic mass is 9.85. The molecule has 136 valence electrons. The van der Waals surface area contributed by atoms with Crippen LogP contribution in [0.25, 0.3) is 0 Å². The van der Waals surface area contributed by atoms with Gasteiger partial charge in [0.1, 0.15) is 11.6 Å². The molecule has 1 aliphatic heterocycles. The van der Waals surface area contributed by atoms with E-state index < -0.39 is 0 Å². The summed E-state index contributed by atoms with van der Waals surface area (Å²) in [4.78, 5) is 21.2. The third-order valence-electron chi connectivity index (χ3n) is 5.68. The van der Waals surface area contributed by atoms with E-state index in [1.807, 2.05) is 13.0 Å². The van der Waals surface area contributed by atoms with Crippen LogP contribution in [0, 0.1) is 12.8 Å². The lowest BCUT2D eigenvalue weighted by Crippen LogP contribution is -2.31. The molecular formula is C21H25N3O2. The molecule has 2 atom stereocenters. The zero-order valence-electron chi connectivity index (χ0n) is 15.6. The average Bonchev–Trinajstić information content (AvgIpc) is 3.34. The summed E-state index contributed by atoms with van der Waals surface area (Å²) in [5.74, 6) is 2.27. The van der Waals surface area contributed by atoms with Crippen molar-refractivity contribution in [3.63, 3.8) is 0 Å². The van der Waals surface area contributed by atoms with Gasteiger partial charge in [-0.2, -0.15) is 0 Å². The second kappa shape index (κ2) is 6.38. The molecule has 0 unspecified atom stereocenters. The van der Waals surface area contributed by atoms with Crippen molar-refractivity contribution < 1.29 is 9.53 Å². The largest absolute Gasteiger partial charge is 0.493 e. The van der Waals surface area contributed by atoms with Crippen molar-refractivity contribution in [2.45, 2.75) is 51.5 Å². The summed E-state index contributed by atoms with van der Waals surface area (Å²) in [5, 5.41) is 3.06. The van der Waals surface area contributed by atoms with Crippen LogP contribution >= 0.6 is 0 Å². The van der Waals surface area contributed by atoms with E-state index in [-0.39, 0.29) is 17.2 Å². The van der Waals surface area contributed by atoms with E-state index in [2.05, 4.69) is 47.3 Å². The molecule has 0 bridgehead atoms. The van der Waals surface area contributed by atoms with Crippen molar-refractivity contribution in [2.75, 3.05) is 6.61 Å². The van der Waals surface area contributed by atoms with Crippen molar-refractivity contribution >= 4 is 5.91 Å². The molecule has 4 rings (SSSR count). The highest BCUT2D eigenvalue weighted by Crippen LogP contribution is 2.61. The van der Waals surface area contributed by atoms with Gasteiger partial charge in [-0.3, -0.25) is 4.79 Å². The molecule has 0 radical (unpaired) electrons. The number of hydrogen-bond donors (Lipinski definition) is 1. The first-order valence-corrected chi connectivity index (χ1v) is 9.33. The first-order valence-electron chi connectivity index (χ1n) is 9.33. The summed E-state index contributed by atoms with van der Waals surface area (Å²) in [6.07, 6.45) is 3.54. The zero-order valence-corrected chi connectivity index (χ0v) is 15.6. The molecule has 1 amide bonds. The minimum absolute atomic E-state index is 0.0236. The Hall–Kier alpha value is -2.43. The Morgan fingerprint density at radius 3 is 3.00 bits per heavy atom. The number of nitrogens with one attached hydrogen (secondary N) is 1. The third kappa shape index (κ3) is 2.96. The second-order valence-electron chi connectivity index (χ2n) is 7.73. The van der Waals surface area contributed by atoms with E-state index >= 15 is 0 Å². The summed E-state index contributed by atoms with van der Waals surface area (Å²) in [7, 11) is 0. The van der Waals surface area contributed by atoms with E-state index in [0.29, 0.717) is 19.1 Å². The molecule has 1 spiro atoms. The Morgan fingerprint density at radius 1 is 1.38 bits per heavy atom. The first kappa shape index (κ1) is 17.0. The molecule has 1 aromatic carbocycles. The number of carbonyl (C=O) groups is 1. The number of aryl methyl sites for hydroxylation is 1. The summed E-state index contributed by atoms with van der Waals surface area (Å²) in [6.45, 7) is 7.37. The number of fused-ring (bicyclic) bond motifs is 2. The first-order chi connectivity index (χ1) is 12.5. The Labute approximate surface area is 154 Å². The normalized spacial score (nSPS) is 23.5. The SMILES string of the molecule is Cc1nccc(CNC(=O)[C@@H]2C[C@]23CCOc2ccc(C(C)C)cc23)n1. The highest BCUT2D eigenvalue weighted by atomic mass is 16.5. The van der Waals surface area contributed by atoms with Gasteiger partial charge in [-0.05, 0) is 43.4 Å². The van der Waals surface area contributed by atoms with E-state index in [9.17, 15) is 4.79 Å². The molecule has 1 aromatic heterocycles. The lowest BCUT2D eigenvalue weighted by molar-refractivity contribution is -0.123. The number of benzene rings is 1. The van der Waals surface area contributed by atoms with Crippen LogP contribution in [0.2, 0.25) is 0 Å². The van der Waals surface area contributed by atoms with Gasteiger partial charge in [-0.1, -0.05) is 26.0 Å². The third-order valence-corrected chi connectivity index (χ3v) is 5.68. The van der Waals surface area contributed by atoms with Gasteiger partial charge in [0.25, 0.3) is 0 Å². The fourth-order valence-electron chi connectivity index (χ4n) is 4.03. The zero-order chi connectivity index (χ0) is 18.3. The van der Waals surface area contributed by atoms with Crippen LogP contribution in [-0.2, 0) is 16.8 Å². The summed E-state index contributed by atoms with van der Waals surface area (Å²) >= 11 is 0. The maximum Gasteiger partial charge on any atom is 0.224 e. The molecule has 1 N–H and O–H groups in total. The predicted molar refractivity (Wildman–Crippen MR) is 99.0 cm³/mol. The van der Waals surface area contributed by atoms with Crippen LogP contribution in [0.4, 0.5) is 0 Å². The van der Waals surface area contributed by atoms with Gasteiger partial charge in [0.05, 0.1) is 18.8 Å². The monoisotopic (exact) mass is 351 g/mol. The number of ether oxygens (including phenoxy) is 1. The van der Waals surface area contributed by atoms with Crippen LogP contribution in [0.15, 0.2) is 30.5 Å². The molecule has 0 saturated heterocycles. The quantitative estimate of drug-likeness (QED) is 0.918. The molecule has 2 aromatic rings. The molecule has 5 nitrogen and oxygen atoms in total. The smallest absolute Gasteiger partial charge is 0.224 e. The molecule has 1 fully saturated rings. The molecule has 26 heavy (non-hydrogen) atoms. The van der Waals surface area contributed by atoms with Crippen molar-refractivity contribution in [2.24, 2.45) is 5.92 Å². The van der Waals surface area contributed by atoms with Crippen molar-refractivity contribution in [3.05, 3.63) is 53.1 Å². The molecule has 2 heterocycles. The molecule has 5 heteroatoms. The topological polar surface area (TPSA) is 64.1 Å². The Morgan fingerprint density at radius 2 is 2.23 bits per heavy atom. The molecular weight excluding hydrogens is 326 g/mol. The van der Waals surface area contributed by atoms with Crippen LogP contribution in [0.1, 0.15) is 55.3 Å². The highest BCUT2D eigenvalue weighted by Gasteiger charge is 2.61. The summed E-state index contributed by atoms with van der Waals surface area (Å²) in [6, 6.07) is 8.30. The van der Waals surface area contributed by atoms with Crippen LogP contribution in [0.3, 0.4) is 0 Å². The number of carbonyl (C=O) groups excluding carboxylic acids is 1. The molecule has 1 aliphatic carbocycles. The molecule has 1 saturated carbocycles. The van der Waals surface area contributed by atoms with Gasteiger partial charge in [-0.25, -0.2) is 9.97 Å². The van der Waals surface area contributed by atoms with Crippen molar-refractivity contribution in [1.82, 2.24) is 15.3 Å². The van der Waals surface area contributed by atoms with Gasteiger partial charge in [0, 0.05) is 23.1 Å². The van der Waals surface area contributed by atoms with Gasteiger partial charge < -0.3 is 10.1 Å². The van der Waals surface area contributed by atoms with Crippen LogP contribution < -0.4 is 10.1 Å². The molecule has 2 aliphatic rings. The number of amides is 1. The lowest BCUT2D eigenvalue weighted by Gasteiger charge is -2.28. The van der Waals surface area contributed by atoms with Crippen molar-refractivity contribution in [1.29, 1.82) is 0 Å². The Kier molecular flexibility index (Phi) is 4.17. The number of hydrogen-bond acceptors (Lipinski definition) is 4. The van der Waals surface area contributed by atoms with E-state index in [4.69, 9.17) is 4.74 Å². The number of rotatable bonds is 4.